The number of piperazine rings is 1. The van der Waals surface area contributed by atoms with Crippen LogP contribution >= 0.6 is 0 Å². The van der Waals surface area contributed by atoms with Gasteiger partial charge in [-0.05, 0) is 39.0 Å². The summed E-state index contributed by atoms with van der Waals surface area (Å²) in [6.45, 7) is 7.00. The van der Waals surface area contributed by atoms with Gasteiger partial charge in [0.25, 0.3) is 5.91 Å². The van der Waals surface area contributed by atoms with E-state index in [0.717, 1.165) is 84.1 Å². The van der Waals surface area contributed by atoms with Gasteiger partial charge >= 0.3 is 6.03 Å². The number of amides is 4. The predicted molar refractivity (Wildman–Crippen MR) is 114 cm³/mol. The van der Waals surface area contributed by atoms with E-state index in [4.69, 9.17) is 0 Å². The highest BCUT2D eigenvalue weighted by atomic mass is 16.2. The third-order valence-electron chi connectivity index (χ3n) is 7.49. The first-order valence-electron chi connectivity index (χ1n) is 11.9. The van der Waals surface area contributed by atoms with E-state index in [1.165, 1.54) is 11.3 Å². The van der Waals surface area contributed by atoms with Gasteiger partial charge in [-0.25, -0.2) is 9.69 Å². The lowest BCUT2D eigenvalue weighted by molar-refractivity contribution is -0.136. The number of carbonyl (C=O) groups is 3. The van der Waals surface area contributed by atoms with E-state index >= 15 is 0 Å². The van der Waals surface area contributed by atoms with Crippen LogP contribution in [0.3, 0.4) is 0 Å². The Labute approximate surface area is 179 Å². The molecular weight excluding hydrogens is 382 g/mol. The Hall–Kier alpha value is -1.67. The fourth-order valence-corrected chi connectivity index (χ4v) is 5.52. The third-order valence-corrected chi connectivity index (χ3v) is 7.49. The molecule has 0 radical (unpaired) electrons. The van der Waals surface area contributed by atoms with Gasteiger partial charge < -0.3 is 10.2 Å². The zero-order valence-electron chi connectivity index (χ0n) is 18.4. The first kappa shape index (κ1) is 21.6. The number of likely N-dealkylation sites (tertiary alicyclic amines) is 1. The minimum absolute atomic E-state index is 0.0360. The van der Waals surface area contributed by atoms with Gasteiger partial charge in [0, 0.05) is 38.8 Å². The summed E-state index contributed by atoms with van der Waals surface area (Å²) < 4.78 is 0. The zero-order chi connectivity index (χ0) is 21.1. The van der Waals surface area contributed by atoms with E-state index in [1.54, 1.807) is 0 Å². The maximum Gasteiger partial charge on any atom is 0.326 e. The second-order valence-corrected chi connectivity index (χ2v) is 9.63. The van der Waals surface area contributed by atoms with Gasteiger partial charge in [0.2, 0.25) is 5.91 Å². The number of hydrogen-bond donors (Lipinski definition) is 1. The van der Waals surface area contributed by atoms with Gasteiger partial charge in [-0.1, -0.05) is 25.7 Å². The third kappa shape index (κ3) is 4.49. The summed E-state index contributed by atoms with van der Waals surface area (Å²) >= 11 is 0. The Bertz CT molecular complexity index is 653. The van der Waals surface area contributed by atoms with Crippen LogP contribution in [0.1, 0.15) is 64.7 Å². The summed E-state index contributed by atoms with van der Waals surface area (Å²) in [7, 11) is 0. The highest BCUT2D eigenvalue weighted by molar-refractivity contribution is 6.07. The van der Waals surface area contributed by atoms with Crippen molar-refractivity contribution in [2.24, 2.45) is 0 Å². The molecule has 1 aliphatic carbocycles. The Morgan fingerprint density at radius 3 is 2.27 bits per heavy atom. The monoisotopic (exact) mass is 419 g/mol. The first-order chi connectivity index (χ1) is 14.5. The van der Waals surface area contributed by atoms with Crippen LogP contribution < -0.4 is 5.32 Å². The molecule has 3 aliphatic heterocycles. The van der Waals surface area contributed by atoms with E-state index in [0.29, 0.717) is 19.3 Å². The van der Waals surface area contributed by atoms with Crippen molar-refractivity contribution >= 4 is 17.8 Å². The fourth-order valence-electron chi connectivity index (χ4n) is 5.52. The predicted octanol–water partition coefficient (Wildman–Crippen LogP) is 1.61. The van der Waals surface area contributed by atoms with E-state index in [2.05, 4.69) is 22.0 Å². The average molecular weight is 420 g/mol. The van der Waals surface area contributed by atoms with Gasteiger partial charge in [-0.2, -0.15) is 0 Å². The van der Waals surface area contributed by atoms with Crippen LogP contribution in [0.4, 0.5) is 4.79 Å². The van der Waals surface area contributed by atoms with Crippen LogP contribution in [0.5, 0.6) is 0 Å². The van der Waals surface area contributed by atoms with Crippen molar-refractivity contribution in [3.63, 3.8) is 0 Å². The quantitative estimate of drug-likeness (QED) is 0.701. The number of carbonyl (C=O) groups excluding carboxylic acids is 3. The summed E-state index contributed by atoms with van der Waals surface area (Å²) in [4.78, 5) is 46.2. The van der Waals surface area contributed by atoms with Crippen molar-refractivity contribution < 1.29 is 14.4 Å². The molecule has 0 aromatic carbocycles. The minimum Gasteiger partial charge on any atom is -0.339 e. The van der Waals surface area contributed by atoms with Gasteiger partial charge in [-0.15, -0.1) is 0 Å². The molecule has 0 aromatic rings. The van der Waals surface area contributed by atoms with Crippen LogP contribution in [0.25, 0.3) is 0 Å². The molecule has 4 aliphatic rings. The van der Waals surface area contributed by atoms with Crippen LogP contribution in [-0.4, -0.2) is 95.0 Å². The second kappa shape index (κ2) is 9.22. The molecule has 0 aromatic heterocycles. The summed E-state index contributed by atoms with van der Waals surface area (Å²) in [6.07, 6.45) is 9.24. The number of imide groups is 1. The summed E-state index contributed by atoms with van der Waals surface area (Å²) in [5.74, 6) is 0.200. The molecule has 3 saturated heterocycles. The Kier molecular flexibility index (Phi) is 6.63. The molecule has 30 heavy (non-hydrogen) atoms. The smallest absolute Gasteiger partial charge is 0.326 e. The fraction of sp³-hybridized carbons (Fsp3) is 0.864. The number of piperidine rings is 1. The summed E-state index contributed by atoms with van der Waals surface area (Å²) in [5.41, 5.74) is -0.660. The lowest BCUT2D eigenvalue weighted by Crippen LogP contribution is -2.54. The van der Waals surface area contributed by atoms with Crippen molar-refractivity contribution in [2.45, 2.75) is 76.3 Å². The van der Waals surface area contributed by atoms with E-state index in [-0.39, 0.29) is 17.8 Å². The molecule has 4 amide bonds. The van der Waals surface area contributed by atoms with E-state index in [9.17, 15) is 14.4 Å². The second-order valence-electron chi connectivity index (χ2n) is 9.63. The lowest BCUT2D eigenvalue weighted by atomic mass is 9.90. The average Bonchev–Trinajstić information content (AvgIpc) is 2.90. The van der Waals surface area contributed by atoms with Gasteiger partial charge in [-0.3, -0.25) is 19.4 Å². The molecule has 0 unspecified atom stereocenters. The normalized spacial score (nSPS) is 28.6. The van der Waals surface area contributed by atoms with Crippen molar-refractivity contribution in [3.05, 3.63) is 0 Å². The highest BCUT2D eigenvalue weighted by Gasteiger charge is 2.51. The number of urea groups is 1. The van der Waals surface area contributed by atoms with Crippen LogP contribution in [0.15, 0.2) is 0 Å². The van der Waals surface area contributed by atoms with Crippen LogP contribution in [0, 0.1) is 0 Å². The van der Waals surface area contributed by atoms with Crippen molar-refractivity contribution in [1.29, 1.82) is 0 Å². The molecule has 1 saturated carbocycles. The lowest BCUT2D eigenvalue weighted by Gasteiger charge is -2.38. The van der Waals surface area contributed by atoms with Crippen molar-refractivity contribution in [3.8, 4) is 0 Å². The molecule has 3 heterocycles. The number of nitrogens with zero attached hydrogens (tertiary/aromatic N) is 4. The van der Waals surface area contributed by atoms with Crippen LogP contribution in [0.2, 0.25) is 0 Å². The Balaban J connectivity index is 1.26. The number of rotatable bonds is 4. The van der Waals surface area contributed by atoms with Gasteiger partial charge in [0.05, 0.1) is 13.2 Å². The molecule has 1 atom stereocenters. The van der Waals surface area contributed by atoms with Crippen molar-refractivity contribution in [1.82, 2.24) is 24.9 Å². The minimum atomic E-state index is -0.660. The van der Waals surface area contributed by atoms with Crippen molar-refractivity contribution in [2.75, 3.05) is 45.9 Å². The largest absolute Gasteiger partial charge is 0.339 e. The van der Waals surface area contributed by atoms with Gasteiger partial charge in [0.15, 0.2) is 0 Å². The summed E-state index contributed by atoms with van der Waals surface area (Å²) in [5, 5.41) is 3.02. The number of nitrogens with one attached hydrogen (secondary N) is 1. The topological polar surface area (TPSA) is 76.2 Å². The molecule has 8 heteroatoms. The van der Waals surface area contributed by atoms with E-state index in [1.807, 2.05) is 4.90 Å². The zero-order valence-corrected chi connectivity index (χ0v) is 18.4. The maximum atomic E-state index is 13.1. The molecule has 8 nitrogen and oxygen atoms in total. The Morgan fingerprint density at radius 2 is 1.60 bits per heavy atom. The highest BCUT2D eigenvalue weighted by Crippen LogP contribution is 2.32. The van der Waals surface area contributed by atoms with Crippen LogP contribution in [-0.2, 0) is 9.59 Å². The molecule has 1 spiro atoms. The first-order valence-corrected chi connectivity index (χ1v) is 11.9. The molecule has 0 bridgehead atoms. The van der Waals surface area contributed by atoms with E-state index < -0.39 is 5.54 Å². The summed E-state index contributed by atoms with van der Waals surface area (Å²) in [6, 6.07) is 0.113. The maximum absolute atomic E-state index is 13.1. The SMILES string of the molecule is C[C@H]1CCCCN1C(=O)CN1CCN(CN2C(=O)NC3(CCCCCC3)C2=O)CC1. The number of hydrogen-bond acceptors (Lipinski definition) is 5. The van der Waals surface area contributed by atoms with Gasteiger partial charge in [0.1, 0.15) is 5.54 Å². The molecule has 4 rings (SSSR count). The molecule has 168 valence electrons. The standard InChI is InChI=1S/C22H37N5O3/c1-18-8-4-7-11-26(18)19(28)16-24-12-14-25(15-13-24)17-27-20(29)22(23-21(27)30)9-5-2-3-6-10-22/h18H,2-17H2,1H3,(H,23,30)/t18-/m0/s1. The molecule has 1 N–H and O–H groups in total. The Morgan fingerprint density at radius 1 is 0.933 bits per heavy atom. The molecular formula is C22H37N5O3. The molecule has 4 fully saturated rings.